The maximum absolute atomic E-state index is 16.0. The largest absolute Gasteiger partial charge is 0.324 e. The van der Waals surface area contributed by atoms with E-state index in [0.29, 0.717) is 6.42 Å². The number of aliphatic imine (C=N–C) groups is 2. The van der Waals surface area contributed by atoms with Crippen molar-refractivity contribution < 1.29 is 4.57 Å². The molecule has 0 amide bonds. The van der Waals surface area contributed by atoms with Gasteiger partial charge in [-0.2, -0.15) is 0 Å². The van der Waals surface area contributed by atoms with Crippen LogP contribution in [0.2, 0.25) is 0 Å². The molecule has 2 heterocycles. The van der Waals surface area contributed by atoms with Gasteiger partial charge in [-0.05, 0) is 37.1 Å². The van der Waals surface area contributed by atoms with E-state index in [9.17, 15) is 0 Å². The van der Waals surface area contributed by atoms with E-state index in [1.54, 1.807) is 11.3 Å². The molecule has 46 heavy (non-hydrogen) atoms. The average molecular weight is 634 g/mol. The second kappa shape index (κ2) is 11.5. The molecule has 0 fully saturated rings. The van der Waals surface area contributed by atoms with Gasteiger partial charge >= 0.3 is 0 Å². The zero-order chi connectivity index (χ0) is 31.1. The summed E-state index contributed by atoms with van der Waals surface area (Å²) in [6.45, 7) is 2.14. The van der Waals surface area contributed by atoms with Crippen molar-refractivity contribution >= 4 is 60.9 Å². The number of rotatable bonds is 6. The highest BCUT2D eigenvalue weighted by Crippen LogP contribution is 2.60. The van der Waals surface area contributed by atoms with Crippen LogP contribution in [0.25, 0.3) is 20.2 Å². The van der Waals surface area contributed by atoms with E-state index < -0.39 is 18.5 Å². The first kappa shape index (κ1) is 28.6. The predicted octanol–water partition coefficient (Wildman–Crippen LogP) is 9.14. The minimum absolute atomic E-state index is 0.430. The maximum atomic E-state index is 16.0. The number of amidine groups is 2. The summed E-state index contributed by atoms with van der Waals surface area (Å²) in [6, 6.07) is 43.2. The minimum Gasteiger partial charge on any atom is -0.324 e. The van der Waals surface area contributed by atoms with E-state index in [1.165, 1.54) is 4.70 Å². The van der Waals surface area contributed by atoms with Crippen LogP contribution < -0.4 is 15.9 Å². The van der Waals surface area contributed by atoms with E-state index in [1.807, 2.05) is 78.9 Å². The molecule has 2 aliphatic rings. The molecule has 1 aromatic heterocycles. The molecule has 0 bridgehead atoms. The fourth-order valence-corrected chi connectivity index (χ4v) is 11.2. The Morgan fingerprint density at radius 2 is 1.41 bits per heavy atom. The van der Waals surface area contributed by atoms with Gasteiger partial charge in [-0.15, -0.1) is 11.3 Å². The Balaban J connectivity index is 1.41. The molecule has 224 valence electrons. The molecule has 0 saturated heterocycles. The van der Waals surface area contributed by atoms with Crippen LogP contribution >= 0.6 is 18.5 Å². The molecule has 3 atom stereocenters. The first-order valence-electron chi connectivity index (χ1n) is 15.5. The van der Waals surface area contributed by atoms with E-state index in [4.69, 9.17) is 9.98 Å². The van der Waals surface area contributed by atoms with E-state index >= 15 is 4.57 Å². The molecule has 0 radical (unpaired) electrons. The molecule has 1 N–H and O–H groups in total. The second-order valence-corrected chi connectivity index (χ2v) is 16.3. The smallest absolute Gasteiger partial charge is 0.169 e. The van der Waals surface area contributed by atoms with E-state index in [-0.39, 0.29) is 0 Å². The Morgan fingerprint density at radius 1 is 0.739 bits per heavy atom. The normalized spacial score (nSPS) is 20.6. The Kier molecular flexibility index (Phi) is 7.17. The number of thiophene rings is 1. The topological polar surface area (TPSA) is 53.8 Å². The number of hydrogen-bond acceptors (Lipinski definition) is 5. The molecule has 1 aliphatic heterocycles. The Bertz CT molecular complexity index is 2250. The van der Waals surface area contributed by atoms with Crippen LogP contribution in [-0.4, -0.2) is 16.8 Å². The summed E-state index contributed by atoms with van der Waals surface area (Å²) in [5, 5.41) is 7.01. The second-order valence-electron chi connectivity index (χ2n) is 12.0. The molecule has 5 aromatic carbocycles. The molecule has 6 aromatic rings. The van der Waals surface area contributed by atoms with Crippen LogP contribution in [0.1, 0.15) is 36.2 Å². The third-order valence-corrected chi connectivity index (χ3v) is 13.9. The van der Waals surface area contributed by atoms with Gasteiger partial charge in [0.25, 0.3) is 0 Å². The highest BCUT2D eigenvalue weighted by atomic mass is 32.1. The van der Waals surface area contributed by atoms with Gasteiger partial charge in [0, 0.05) is 41.9 Å². The molecule has 6 heteroatoms. The summed E-state index contributed by atoms with van der Waals surface area (Å²) in [6.07, 6.45) is 8.62. The lowest BCUT2D eigenvalue weighted by Gasteiger charge is -2.37. The van der Waals surface area contributed by atoms with E-state index in [2.05, 4.69) is 85.1 Å². The van der Waals surface area contributed by atoms with Gasteiger partial charge in [0.15, 0.2) is 13.3 Å². The lowest BCUT2D eigenvalue weighted by Crippen LogP contribution is -2.38. The lowest BCUT2D eigenvalue weighted by molar-refractivity contribution is 0.565. The third kappa shape index (κ3) is 4.79. The summed E-state index contributed by atoms with van der Waals surface area (Å²) < 4.78 is 18.3. The first-order chi connectivity index (χ1) is 22.5. The van der Waals surface area contributed by atoms with Gasteiger partial charge in [0.05, 0.1) is 5.16 Å². The van der Waals surface area contributed by atoms with Crippen molar-refractivity contribution in [2.45, 2.75) is 24.7 Å². The average Bonchev–Trinajstić information content (AvgIpc) is 3.51. The summed E-state index contributed by atoms with van der Waals surface area (Å²) in [7, 11) is -3.23. The number of nitrogens with zero attached hydrogens (tertiary/aromatic N) is 2. The van der Waals surface area contributed by atoms with Crippen molar-refractivity contribution in [2.24, 2.45) is 9.98 Å². The minimum atomic E-state index is -3.23. The van der Waals surface area contributed by atoms with Crippen molar-refractivity contribution in [3.05, 3.63) is 168 Å². The van der Waals surface area contributed by atoms with Crippen molar-refractivity contribution in [3.8, 4) is 0 Å². The summed E-state index contributed by atoms with van der Waals surface area (Å²) in [5.41, 5.74) is 2.93. The Labute approximate surface area is 272 Å². The van der Waals surface area contributed by atoms with E-state index in [0.717, 1.165) is 54.4 Å². The van der Waals surface area contributed by atoms with Crippen LogP contribution in [0.4, 0.5) is 0 Å². The molecular weight excluding hydrogens is 602 g/mol. The molecule has 4 nitrogen and oxygen atoms in total. The number of allylic oxidation sites excluding steroid dienone is 4. The molecule has 8 rings (SSSR count). The van der Waals surface area contributed by atoms with Crippen molar-refractivity contribution in [3.63, 3.8) is 0 Å². The highest BCUT2D eigenvalue weighted by molar-refractivity contribution is 7.80. The first-order valence-corrected chi connectivity index (χ1v) is 18.1. The van der Waals surface area contributed by atoms with Crippen molar-refractivity contribution in [1.82, 2.24) is 5.32 Å². The lowest BCUT2D eigenvalue weighted by atomic mass is 10.0. The van der Waals surface area contributed by atoms with Gasteiger partial charge < -0.3 is 9.88 Å². The summed E-state index contributed by atoms with van der Waals surface area (Å²) in [4.78, 5) is 10.3. The standard InChI is InChI=1S/C40H32N3OPS/c1-40(24-14-5-15-25-40)45(44,30-20-10-4-11-21-30)31-26-33(36-32-22-12-13-23-34(32)46-35(36)27-31)39-42-37(28-16-6-2-7-17-28)41-38(43-39)29-18-8-3-9-19-29/h2-24,26-27,37H,25H2,1H3,(H,41,42,43)/t37?,40-,45?/m1/s1. The number of fused-ring (bicyclic) bond motifs is 3. The van der Waals surface area contributed by atoms with Crippen LogP contribution in [0.5, 0.6) is 0 Å². The zero-order valence-electron chi connectivity index (χ0n) is 25.4. The monoisotopic (exact) mass is 633 g/mol. The summed E-state index contributed by atoms with van der Waals surface area (Å²) >= 11 is 1.74. The SMILES string of the molecule is C[C@@]1(P(=O)(c2ccccc2)c2cc(C3=NC(c4ccccc4)N=C(c4ccccc4)N3)c3c(c2)sc2ccccc23)C=CC=CC1. The maximum Gasteiger partial charge on any atom is 0.169 e. The van der Waals surface area contributed by atoms with Gasteiger partial charge in [-0.1, -0.05) is 133 Å². The van der Waals surface area contributed by atoms with Crippen LogP contribution in [0.15, 0.2) is 162 Å². The highest BCUT2D eigenvalue weighted by Gasteiger charge is 2.45. The number of nitrogens with one attached hydrogen (secondary N) is 1. The fraction of sp³-hybridized carbons (Fsp3) is 0.100. The van der Waals surface area contributed by atoms with Gasteiger partial charge in [-0.25, -0.2) is 9.98 Å². The third-order valence-electron chi connectivity index (χ3n) is 9.04. The Hall–Kier alpha value is -4.83. The molecule has 2 unspecified atom stereocenters. The fourth-order valence-electron chi connectivity index (χ4n) is 6.64. The van der Waals surface area contributed by atoms with Gasteiger partial charge in [-0.3, -0.25) is 0 Å². The molecular formula is C40H32N3OPS. The van der Waals surface area contributed by atoms with Gasteiger partial charge in [0.2, 0.25) is 0 Å². The van der Waals surface area contributed by atoms with Crippen molar-refractivity contribution in [1.29, 1.82) is 0 Å². The number of hydrogen-bond donors (Lipinski definition) is 1. The van der Waals surface area contributed by atoms with Crippen LogP contribution in [0.3, 0.4) is 0 Å². The zero-order valence-corrected chi connectivity index (χ0v) is 27.1. The molecule has 0 saturated carbocycles. The van der Waals surface area contributed by atoms with Crippen molar-refractivity contribution in [2.75, 3.05) is 0 Å². The van der Waals surface area contributed by atoms with Crippen LogP contribution in [-0.2, 0) is 4.57 Å². The van der Waals surface area contributed by atoms with Gasteiger partial charge in [0.1, 0.15) is 11.7 Å². The predicted molar refractivity (Wildman–Crippen MR) is 196 cm³/mol. The molecule has 1 aliphatic carbocycles. The quantitative estimate of drug-likeness (QED) is 0.186. The summed E-state index contributed by atoms with van der Waals surface area (Å²) in [5.74, 6) is 1.48. The Morgan fingerprint density at radius 3 is 2.15 bits per heavy atom. The number of benzene rings is 5. The van der Waals surface area contributed by atoms with Crippen LogP contribution in [0, 0.1) is 0 Å². The molecule has 0 spiro atoms.